The number of amides is 1. The average Bonchev–Trinajstić information content (AvgIpc) is 2.90. The van der Waals surface area contributed by atoms with Crippen LogP contribution in [0.25, 0.3) is 0 Å². The van der Waals surface area contributed by atoms with Gasteiger partial charge in [-0.05, 0) is 81.6 Å². The van der Waals surface area contributed by atoms with Crippen LogP contribution in [0.3, 0.4) is 0 Å². The molecule has 1 aromatic heterocycles. The zero-order chi connectivity index (χ0) is 25.1. The van der Waals surface area contributed by atoms with E-state index in [1.807, 2.05) is 6.07 Å². The van der Waals surface area contributed by atoms with Crippen molar-refractivity contribution in [3.63, 3.8) is 0 Å². The lowest BCUT2D eigenvalue weighted by Crippen LogP contribution is -2.36. The first-order valence-electron chi connectivity index (χ1n) is 13.0. The van der Waals surface area contributed by atoms with Crippen LogP contribution in [0.4, 0.5) is 11.5 Å². The van der Waals surface area contributed by atoms with E-state index in [2.05, 4.69) is 33.1 Å². The van der Waals surface area contributed by atoms with E-state index in [0.29, 0.717) is 49.7 Å². The second kappa shape index (κ2) is 10.7. The Balaban J connectivity index is 1.21. The van der Waals surface area contributed by atoms with Crippen LogP contribution in [-0.4, -0.2) is 40.9 Å². The molecule has 0 spiro atoms. The highest BCUT2D eigenvalue weighted by molar-refractivity contribution is 5.79. The summed E-state index contributed by atoms with van der Waals surface area (Å²) < 4.78 is 7.81. The Bertz CT molecular complexity index is 1180. The van der Waals surface area contributed by atoms with Crippen molar-refractivity contribution in [2.24, 2.45) is 11.7 Å². The van der Waals surface area contributed by atoms with Gasteiger partial charge in [0.1, 0.15) is 0 Å². The van der Waals surface area contributed by atoms with Crippen LogP contribution >= 0.6 is 0 Å². The first-order chi connectivity index (χ1) is 17.5. The number of nitrogens with one attached hydrogen (secondary N) is 4. The molecule has 0 atom stereocenters. The fourth-order valence-electron chi connectivity index (χ4n) is 5.52. The van der Waals surface area contributed by atoms with Crippen molar-refractivity contribution in [1.82, 2.24) is 20.2 Å². The molecule has 5 rings (SSSR count). The van der Waals surface area contributed by atoms with Gasteiger partial charge in [0.25, 0.3) is 0 Å². The van der Waals surface area contributed by atoms with Crippen LogP contribution in [0, 0.1) is 11.3 Å². The second-order valence-electron chi connectivity index (χ2n) is 10.1. The number of fused-ring (bicyclic) bond motifs is 2. The third-order valence-electron chi connectivity index (χ3n) is 7.59. The average molecular weight is 494 g/mol. The quantitative estimate of drug-likeness (QED) is 0.193. The van der Waals surface area contributed by atoms with Crippen molar-refractivity contribution < 1.29 is 9.53 Å². The maximum atomic E-state index is 12.9. The summed E-state index contributed by atoms with van der Waals surface area (Å²) in [6.07, 6.45) is 8.04. The van der Waals surface area contributed by atoms with E-state index in [4.69, 9.17) is 15.9 Å². The van der Waals surface area contributed by atoms with Gasteiger partial charge in [-0.15, -0.1) is 0 Å². The number of carbonyl (C=O) groups excluding carboxylic acids is 1. The van der Waals surface area contributed by atoms with Gasteiger partial charge in [0.05, 0.1) is 17.7 Å². The summed E-state index contributed by atoms with van der Waals surface area (Å²) in [4.78, 5) is 29.7. The molecule has 10 nitrogen and oxygen atoms in total. The molecule has 1 aliphatic carbocycles. The summed E-state index contributed by atoms with van der Waals surface area (Å²) in [5, 5.41) is 16.9. The van der Waals surface area contributed by atoms with Crippen LogP contribution in [0.15, 0.2) is 29.2 Å². The standard InChI is InChI=1S/C26H35N7O3/c27-23(28)2-1-11-30-25(34)17-3-6-19(7-4-17)33-15-22-24(32-26(33)35)31-20-14-18(5-8-21(20)36-22)16-9-12-29-13-10-16/h5,8,14-17,19,29H,1-4,6-7,9-13H2,(H3,27,28)(H,30,34)(H,31,32,35). The minimum atomic E-state index is -0.306. The number of benzene rings is 1. The SMILES string of the molecule is N=C(N)CCCNC(=O)C1CCC(n2cc3c(nc2=O)Nc2cc(C4CCNCC4)ccc2O3)CC1. The molecule has 6 N–H and O–H groups in total. The lowest BCUT2D eigenvalue weighted by molar-refractivity contribution is -0.126. The van der Waals surface area contributed by atoms with E-state index >= 15 is 0 Å². The van der Waals surface area contributed by atoms with Crippen molar-refractivity contribution in [3.05, 3.63) is 40.4 Å². The van der Waals surface area contributed by atoms with Crippen LogP contribution in [0.1, 0.15) is 68.9 Å². The molecular formula is C26H35N7O3. The Kier molecular flexibility index (Phi) is 7.22. The lowest BCUT2D eigenvalue weighted by atomic mass is 9.85. The first kappa shape index (κ1) is 24.3. The van der Waals surface area contributed by atoms with Gasteiger partial charge in [0.2, 0.25) is 5.91 Å². The minimum Gasteiger partial charge on any atom is -0.450 e. The molecule has 192 valence electrons. The Morgan fingerprint density at radius 2 is 1.94 bits per heavy atom. The summed E-state index contributed by atoms with van der Waals surface area (Å²) in [6, 6.07) is 6.24. The lowest BCUT2D eigenvalue weighted by Gasteiger charge is -2.30. The van der Waals surface area contributed by atoms with E-state index in [-0.39, 0.29) is 29.4 Å². The number of carbonyl (C=O) groups is 1. The zero-order valence-electron chi connectivity index (χ0n) is 20.5. The molecule has 1 saturated carbocycles. The van der Waals surface area contributed by atoms with E-state index in [9.17, 15) is 9.59 Å². The maximum Gasteiger partial charge on any atom is 0.350 e. The molecule has 0 radical (unpaired) electrons. The van der Waals surface area contributed by atoms with Crippen LogP contribution in [0.2, 0.25) is 0 Å². The van der Waals surface area contributed by atoms with Crippen LogP contribution < -0.4 is 32.1 Å². The number of rotatable bonds is 7. The van der Waals surface area contributed by atoms with Gasteiger partial charge in [-0.1, -0.05) is 6.07 Å². The van der Waals surface area contributed by atoms with E-state index < -0.39 is 0 Å². The van der Waals surface area contributed by atoms with Gasteiger partial charge >= 0.3 is 5.69 Å². The number of aromatic nitrogens is 2. The summed E-state index contributed by atoms with van der Waals surface area (Å²) >= 11 is 0. The predicted molar refractivity (Wildman–Crippen MR) is 138 cm³/mol. The molecule has 1 aromatic carbocycles. The van der Waals surface area contributed by atoms with Gasteiger partial charge in [-0.3, -0.25) is 14.8 Å². The summed E-state index contributed by atoms with van der Waals surface area (Å²) in [6.45, 7) is 2.59. The smallest absolute Gasteiger partial charge is 0.350 e. The van der Waals surface area contributed by atoms with Crippen molar-refractivity contribution in [2.75, 3.05) is 25.0 Å². The number of hydrogen-bond acceptors (Lipinski definition) is 7. The Hall–Kier alpha value is -3.40. The Morgan fingerprint density at radius 3 is 2.69 bits per heavy atom. The van der Waals surface area contributed by atoms with Gasteiger partial charge in [-0.25, -0.2) is 4.79 Å². The van der Waals surface area contributed by atoms with Crippen molar-refractivity contribution in [3.8, 4) is 11.5 Å². The number of nitrogens with zero attached hydrogens (tertiary/aromatic N) is 2. The van der Waals surface area contributed by atoms with E-state index in [0.717, 1.165) is 50.2 Å². The summed E-state index contributed by atoms with van der Waals surface area (Å²) in [5.41, 5.74) is 7.18. The molecule has 2 aliphatic heterocycles. The van der Waals surface area contributed by atoms with E-state index in [1.54, 1.807) is 10.8 Å². The van der Waals surface area contributed by atoms with Crippen molar-refractivity contribution in [1.29, 1.82) is 5.41 Å². The molecule has 1 amide bonds. The first-order valence-corrected chi connectivity index (χ1v) is 13.0. The highest BCUT2D eigenvalue weighted by Crippen LogP contribution is 2.43. The fourth-order valence-corrected chi connectivity index (χ4v) is 5.52. The summed E-state index contributed by atoms with van der Waals surface area (Å²) in [5.74, 6) is 2.38. The number of ether oxygens (including phenoxy) is 1. The maximum absolute atomic E-state index is 12.9. The molecule has 36 heavy (non-hydrogen) atoms. The topological polar surface area (TPSA) is 147 Å². The fraction of sp³-hybridized carbons (Fsp3) is 0.538. The molecule has 3 heterocycles. The summed E-state index contributed by atoms with van der Waals surface area (Å²) in [7, 11) is 0. The van der Waals surface area contributed by atoms with E-state index in [1.165, 1.54) is 5.56 Å². The third-order valence-corrected chi connectivity index (χ3v) is 7.59. The van der Waals surface area contributed by atoms with Crippen molar-refractivity contribution >= 4 is 23.2 Å². The monoisotopic (exact) mass is 493 g/mol. The molecule has 2 fully saturated rings. The van der Waals surface area contributed by atoms with Gasteiger partial charge in [-0.2, -0.15) is 4.98 Å². The van der Waals surface area contributed by atoms with Crippen LogP contribution in [-0.2, 0) is 4.79 Å². The molecule has 1 saturated heterocycles. The number of nitrogens with two attached hydrogens (primary N) is 1. The highest BCUT2D eigenvalue weighted by atomic mass is 16.5. The molecule has 3 aliphatic rings. The zero-order valence-corrected chi connectivity index (χ0v) is 20.5. The van der Waals surface area contributed by atoms with Crippen molar-refractivity contribution in [2.45, 2.75) is 63.3 Å². The minimum absolute atomic E-state index is 0.00986. The number of hydrogen-bond donors (Lipinski definition) is 5. The predicted octanol–water partition coefficient (Wildman–Crippen LogP) is 3.12. The number of anilines is 2. The molecule has 0 unspecified atom stereocenters. The Labute approximate surface area is 210 Å². The van der Waals surface area contributed by atoms with Gasteiger partial charge < -0.3 is 26.4 Å². The number of amidine groups is 1. The number of piperidine rings is 1. The molecule has 2 aromatic rings. The van der Waals surface area contributed by atoms with Gasteiger partial charge in [0.15, 0.2) is 17.3 Å². The second-order valence-corrected chi connectivity index (χ2v) is 10.1. The largest absolute Gasteiger partial charge is 0.450 e. The molecule has 0 bridgehead atoms. The normalized spacial score (nSPS) is 21.4. The highest BCUT2D eigenvalue weighted by Gasteiger charge is 2.29. The third kappa shape index (κ3) is 5.38. The van der Waals surface area contributed by atoms with Gasteiger partial charge in [0, 0.05) is 24.9 Å². The Morgan fingerprint density at radius 1 is 1.17 bits per heavy atom. The van der Waals surface area contributed by atoms with Crippen LogP contribution in [0.5, 0.6) is 11.5 Å². The molecule has 10 heteroatoms. The molecular weight excluding hydrogens is 458 g/mol.